The Balaban J connectivity index is 1.97. The number of esters is 1. The maximum atomic E-state index is 12.1. The van der Waals surface area contributed by atoms with Crippen LogP contribution in [0.2, 0.25) is 0 Å². The predicted molar refractivity (Wildman–Crippen MR) is 87.9 cm³/mol. The van der Waals surface area contributed by atoms with Gasteiger partial charge in [0.05, 0.1) is 6.07 Å². The van der Waals surface area contributed by atoms with Gasteiger partial charge in [-0.3, -0.25) is 4.79 Å². The second-order valence-electron chi connectivity index (χ2n) is 5.86. The molecule has 0 fully saturated rings. The second kappa shape index (κ2) is 7.51. The zero-order chi connectivity index (χ0) is 17.0. The van der Waals surface area contributed by atoms with Gasteiger partial charge in [-0.05, 0) is 43.7 Å². The first-order valence-electron chi connectivity index (χ1n) is 7.72. The van der Waals surface area contributed by atoms with Crippen molar-refractivity contribution in [3.63, 3.8) is 0 Å². The molecule has 6 heteroatoms. The number of fused-ring (bicyclic) bond motifs is 1. The molecular formula is C17H20N2O3S. The fraction of sp³-hybridized carbons (Fsp3) is 0.529. The average Bonchev–Trinajstić information content (AvgIpc) is 2.95. The number of carbonyl (C=O) groups excluding carboxylic acids is 2. The minimum absolute atomic E-state index is 0.0363. The number of nitrogens with zero attached hydrogens (tertiary/aromatic N) is 1. The van der Waals surface area contributed by atoms with Crippen LogP contribution in [0.1, 0.15) is 46.8 Å². The Morgan fingerprint density at radius 2 is 2.30 bits per heavy atom. The van der Waals surface area contributed by atoms with Crippen molar-refractivity contribution >= 4 is 28.8 Å². The van der Waals surface area contributed by atoms with Crippen molar-refractivity contribution in [3.8, 4) is 6.07 Å². The zero-order valence-corrected chi connectivity index (χ0v) is 14.2. The average molecular weight is 332 g/mol. The van der Waals surface area contributed by atoms with E-state index in [1.165, 1.54) is 28.7 Å². The Hall–Kier alpha value is -2.00. The van der Waals surface area contributed by atoms with Gasteiger partial charge in [-0.15, -0.1) is 11.3 Å². The predicted octanol–water partition coefficient (Wildman–Crippen LogP) is 3.17. The molecule has 122 valence electrons. The molecule has 2 rings (SSSR count). The van der Waals surface area contributed by atoms with Crippen LogP contribution in [0.4, 0.5) is 0 Å². The summed E-state index contributed by atoms with van der Waals surface area (Å²) in [7, 11) is 0. The summed E-state index contributed by atoms with van der Waals surface area (Å²) < 4.78 is 5.03. The van der Waals surface area contributed by atoms with Crippen molar-refractivity contribution in [1.29, 1.82) is 10.7 Å². The van der Waals surface area contributed by atoms with Crippen LogP contribution in [0.3, 0.4) is 0 Å². The minimum Gasteiger partial charge on any atom is -0.453 e. The van der Waals surface area contributed by atoms with Crippen molar-refractivity contribution in [2.24, 2.45) is 11.8 Å². The van der Waals surface area contributed by atoms with Crippen LogP contribution in [0.5, 0.6) is 0 Å². The molecule has 1 aliphatic carbocycles. The molecule has 1 N–H and O–H groups in total. The van der Waals surface area contributed by atoms with Crippen molar-refractivity contribution in [2.45, 2.75) is 39.5 Å². The summed E-state index contributed by atoms with van der Waals surface area (Å²) in [4.78, 5) is 25.6. The van der Waals surface area contributed by atoms with Gasteiger partial charge in [-0.25, -0.2) is 4.79 Å². The molecule has 0 saturated carbocycles. The minimum atomic E-state index is -1.13. The third-order valence-electron chi connectivity index (χ3n) is 4.19. The van der Waals surface area contributed by atoms with E-state index in [-0.39, 0.29) is 5.71 Å². The molecule has 0 aliphatic heterocycles. The van der Waals surface area contributed by atoms with E-state index in [1.54, 1.807) is 6.07 Å². The number of nitriles is 1. The van der Waals surface area contributed by atoms with Gasteiger partial charge in [0.1, 0.15) is 10.8 Å². The maximum absolute atomic E-state index is 12.1. The summed E-state index contributed by atoms with van der Waals surface area (Å²) in [6.07, 6.45) is 4.29. The number of ether oxygens (including phenoxy) is 1. The van der Waals surface area contributed by atoms with E-state index in [0.29, 0.717) is 10.8 Å². The van der Waals surface area contributed by atoms with Crippen LogP contribution in [0.15, 0.2) is 6.07 Å². The lowest BCUT2D eigenvalue weighted by molar-refractivity contribution is -0.122. The van der Waals surface area contributed by atoms with E-state index in [2.05, 4.69) is 6.92 Å². The number of aryl methyl sites for hydroxylation is 1. The molecule has 1 aromatic heterocycles. The lowest BCUT2D eigenvalue weighted by atomic mass is 9.87. The lowest BCUT2D eigenvalue weighted by Gasteiger charge is -2.19. The third kappa shape index (κ3) is 4.05. The van der Waals surface area contributed by atoms with Gasteiger partial charge in [0, 0.05) is 10.6 Å². The van der Waals surface area contributed by atoms with Crippen molar-refractivity contribution < 1.29 is 14.3 Å². The Bertz CT molecular complexity index is 672. The third-order valence-corrected chi connectivity index (χ3v) is 5.41. The zero-order valence-electron chi connectivity index (χ0n) is 13.3. The van der Waals surface area contributed by atoms with E-state index >= 15 is 0 Å². The van der Waals surface area contributed by atoms with Gasteiger partial charge < -0.3 is 10.1 Å². The molecule has 0 saturated heterocycles. The van der Waals surface area contributed by atoms with Gasteiger partial charge in [-0.1, -0.05) is 13.3 Å². The largest absolute Gasteiger partial charge is 0.453 e. The standard InChI is InChI=1S/C17H20N2O3S/c1-3-11-4-5-15-12(6-11)7-16(23-15)17(21)22-9-14(20)13(8-18)10(2)19/h7,11,13,19H,3-6,9H2,1-2H3/t11-,13-/m1/s1. The molecule has 5 nitrogen and oxygen atoms in total. The number of nitrogens with one attached hydrogen (secondary N) is 1. The Labute approximate surface area is 139 Å². The summed E-state index contributed by atoms with van der Waals surface area (Å²) in [6.45, 7) is 3.11. The van der Waals surface area contributed by atoms with Gasteiger partial charge in [-0.2, -0.15) is 5.26 Å². The van der Waals surface area contributed by atoms with E-state index in [4.69, 9.17) is 15.4 Å². The summed E-state index contributed by atoms with van der Waals surface area (Å²) >= 11 is 1.43. The van der Waals surface area contributed by atoms with Crippen molar-refractivity contribution in [3.05, 3.63) is 21.4 Å². The number of rotatable bonds is 6. The van der Waals surface area contributed by atoms with Crippen LogP contribution in [0, 0.1) is 28.6 Å². The first-order chi connectivity index (χ1) is 11.0. The fourth-order valence-electron chi connectivity index (χ4n) is 2.75. The Kier molecular flexibility index (Phi) is 5.67. The van der Waals surface area contributed by atoms with Crippen molar-refractivity contribution in [1.82, 2.24) is 0 Å². The quantitative estimate of drug-likeness (QED) is 0.640. The molecule has 0 unspecified atom stereocenters. The van der Waals surface area contributed by atoms with Crippen LogP contribution in [-0.2, 0) is 22.4 Å². The van der Waals surface area contributed by atoms with E-state index < -0.39 is 24.3 Å². The fourth-order valence-corrected chi connectivity index (χ4v) is 3.85. The highest BCUT2D eigenvalue weighted by Crippen LogP contribution is 2.33. The molecule has 1 aliphatic rings. The van der Waals surface area contributed by atoms with Crippen LogP contribution < -0.4 is 0 Å². The highest BCUT2D eigenvalue weighted by molar-refractivity contribution is 7.14. The number of hydrogen-bond acceptors (Lipinski definition) is 6. The molecular weight excluding hydrogens is 312 g/mol. The number of carbonyl (C=O) groups is 2. The highest BCUT2D eigenvalue weighted by Gasteiger charge is 2.25. The topological polar surface area (TPSA) is 91.0 Å². The normalized spacial score (nSPS) is 17.7. The molecule has 1 aromatic rings. The molecule has 0 aromatic carbocycles. The summed E-state index contributed by atoms with van der Waals surface area (Å²) in [6, 6.07) is 3.63. The first kappa shape index (κ1) is 17.4. The number of hydrogen-bond donors (Lipinski definition) is 1. The van der Waals surface area contributed by atoms with Gasteiger partial charge in [0.25, 0.3) is 0 Å². The monoisotopic (exact) mass is 332 g/mol. The SMILES string of the molecule is CC[C@@H]1CCc2sc(C(=O)OCC(=O)[C@H](C#N)C(C)=N)cc2C1. The van der Waals surface area contributed by atoms with Crippen molar-refractivity contribution in [2.75, 3.05) is 6.61 Å². The number of ketones is 1. The van der Waals surface area contributed by atoms with Crippen LogP contribution >= 0.6 is 11.3 Å². The molecule has 0 amide bonds. The molecule has 0 bridgehead atoms. The molecule has 0 spiro atoms. The van der Waals surface area contributed by atoms with Crippen LogP contribution in [-0.4, -0.2) is 24.1 Å². The molecule has 2 atom stereocenters. The lowest BCUT2D eigenvalue weighted by Crippen LogP contribution is -2.25. The van der Waals surface area contributed by atoms with E-state index in [0.717, 1.165) is 25.7 Å². The summed E-state index contributed by atoms with van der Waals surface area (Å²) in [5.74, 6) is -1.54. The maximum Gasteiger partial charge on any atom is 0.348 e. The first-order valence-corrected chi connectivity index (χ1v) is 8.54. The molecule has 23 heavy (non-hydrogen) atoms. The van der Waals surface area contributed by atoms with Gasteiger partial charge in [0.15, 0.2) is 12.4 Å². The van der Waals surface area contributed by atoms with Crippen LogP contribution in [0.25, 0.3) is 0 Å². The van der Waals surface area contributed by atoms with E-state index in [9.17, 15) is 9.59 Å². The highest BCUT2D eigenvalue weighted by atomic mass is 32.1. The summed E-state index contributed by atoms with van der Waals surface area (Å²) in [5, 5.41) is 16.2. The Morgan fingerprint density at radius 3 is 2.91 bits per heavy atom. The van der Waals surface area contributed by atoms with Gasteiger partial charge in [0.2, 0.25) is 0 Å². The summed E-state index contributed by atoms with van der Waals surface area (Å²) in [5.41, 5.74) is 1.18. The number of Topliss-reactive ketones (excluding diaryl/α,β-unsaturated/α-hetero) is 1. The number of thiophene rings is 1. The molecule has 0 radical (unpaired) electrons. The Morgan fingerprint density at radius 1 is 1.57 bits per heavy atom. The van der Waals surface area contributed by atoms with E-state index in [1.807, 2.05) is 6.07 Å². The molecule has 1 heterocycles. The van der Waals surface area contributed by atoms with Gasteiger partial charge >= 0.3 is 5.97 Å². The second-order valence-corrected chi connectivity index (χ2v) is 7.00. The smallest absolute Gasteiger partial charge is 0.348 e.